The average molecular weight is 294 g/mol. The summed E-state index contributed by atoms with van der Waals surface area (Å²) in [5.74, 6) is 1.11. The van der Waals surface area contributed by atoms with E-state index in [-0.39, 0.29) is 0 Å². The van der Waals surface area contributed by atoms with E-state index in [1.807, 2.05) is 6.07 Å². The number of hydrogen-bond acceptors (Lipinski definition) is 5. The van der Waals surface area contributed by atoms with E-state index in [9.17, 15) is 5.11 Å². The van der Waals surface area contributed by atoms with Crippen LogP contribution < -0.4 is 10.5 Å². The zero-order valence-corrected chi connectivity index (χ0v) is 12.8. The summed E-state index contributed by atoms with van der Waals surface area (Å²) >= 11 is 0. The molecule has 118 valence electrons. The van der Waals surface area contributed by atoms with Crippen molar-refractivity contribution in [1.82, 2.24) is 4.90 Å². The Hall–Kier alpha value is -1.30. The first kappa shape index (κ1) is 16.1. The highest BCUT2D eigenvalue weighted by Crippen LogP contribution is 2.25. The van der Waals surface area contributed by atoms with Crippen molar-refractivity contribution < 1.29 is 14.6 Å². The van der Waals surface area contributed by atoms with Crippen LogP contribution in [0.3, 0.4) is 0 Å². The first-order valence-corrected chi connectivity index (χ1v) is 7.63. The Labute approximate surface area is 126 Å². The zero-order chi connectivity index (χ0) is 15.1. The topological polar surface area (TPSA) is 68.0 Å². The zero-order valence-electron chi connectivity index (χ0n) is 12.8. The second-order valence-electron chi connectivity index (χ2n) is 5.48. The number of aromatic hydroxyl groups is 1. The van der Waals surface area contributed by atoms with Crippen LogP contribution in [-0.2, 0) is 11.3 Å². The highest BCUT2D eigenvalue weighted by Gasteiger charge is 2.20. The number of piperidine rings is 1. The van der Waals surface area contributed by atoms with Gasteiger partial charge in [-0.1, -0.05) is 0 Å². The van der Waals surface area contributed by atoms with Gasteiger partial charge in [-0.3, -0.25) is 4.90 Å². The molecule has 1 aliphatic rings. The number of likely N-dealkylation sites (tertiary alicyclic amines) is 1. The molecule has 0 amide bonds. The average Bonchev–Trinajstić information content (AvgIpc) is 2.51. The fraction of sp³-hybridized carbons (Fsp3) is 0.625. The van der Waals surface area contributed by atoms with Crippen LogP contribution in [-0.4, -0.2) is 49.5 Å². The molecule has 5 nitrogen and oxygen atoms in total. The molecule has 0 unspecified atom stereocenters. The Balaban J connectivity index is 1.80. The van der Waals surface area contributed by atoms with Gasteiger partial charge < -0.3 is 20.3 Å². The van der Waals surface area contributed by atoms with Crippen molar-refractivity contribution in [2.75, 3.05) is 33.4 Å². The van der Waals surface area contributed by atoms with Gasteiger partial charge in [0.25, 0.3) is 0 Å². The first-order chi connectivity index (χ1) is 10.2. The minimum absolute atomic E-state index is 0.331. The maximum absolute atomic E-state index is 9.94. The number of benzene rings is 1. The van der Waals surface area contributed by atoms with E-state index in [0.717, 1.165) is 56.8 Å². The molecule has 0 spiro atoms. The standard InChI is InChI=1S/C16H26N2O3/c1-20-15-3-4-16(19)13(11-15)12-18-8-5-14(6-9-18)21-10-2-7-17/h3-4,11,14,19H,2,5-10,12,17H2,1H3. The van der Waals surface area contributed by atoms with Gasteiger partial charge in [-0.25, -0.2) is 0 Å². The molecule has 1 aromatic carbocycles. The third-order valence-electron chi connectivity index (χ3n) is 3.92. The van der Waals surface area contributed by atoms with Crippen molar-refractivity contribution in [3.8, 4) is 11.5 Å². The normalized spacial score (nSPS) is 17.0. The molecule has 0 aliphatic carbocycles. The first-order valence-electron chi connectivity index (χ1n) is 7.63. The second kappa shape index (κ2) is 8.22. The number of phenols is 1. The number of ether oxygens (including phenoxy) is 2. The third kappa shape index (κ3) is 4.88. The quantitative estimate of drug-likeness (QED) is 0.750. The van der Waals surface area contributed by atoms with E-state index in [1.54, 1.807) is 19.2 Å². The number of nitrogens with two attached hydrogens (primary N) is 1. The molecule has 0 atom stereocenters. The maximum Gasteiger partial charge on any atom is 0.120 e. The van der Waals surface area contributed by atoms with Gasteiger partial charge in [-0.15, -0.1) is 0 Å². The molecule has 1 aromatic rings. The predicted molar refractivity (Wildman–Crippen MR) is 82.6 cm³/mol. The van der Waals surface area contributed by atoms with Crippen LogP contribution in [0.25, 0.3) is 0 Å². The number of phenolic OH excluding ortho intramolecular Hbond substituents is 1. The van der Waals surface area contributed by atoms with Crippen molar-refractivity contribution >= 4 is 0 Å². The molecule has 1 fully saturated rings. The van der Waals surface area contributed by atoms with E-state index in [1.165, 1.54) is 0 Å². The van der Waals surface area contributed by atoms with Gasteiger partial charge in [0, 0.05) is 31.8 Å². The summed E-state index contributed by atoms with van der Waals surface area (Å²) in [5, 5.41) is 9.94. The molecule has 21 heavy (non-hydrogen) atoms. The van der Waals surface area contributed by atoms with Crippen molar-refractivity contribution in [2.45, 2.75) is 31.9 Å². The minimum atomic E-state index is 0.331. The molecule has 1 aliphatic heterocycles. The lowest BCUT2D eigenvalue weighted by Crippen LogP contribution is -2.36. The SMILES string of the molecule is COc1ccc(O)c(CN2CCC(OCCCN)CC2)c1. The summed E-state index contributed by atoms with van der Waals surface area (Å²) in [7, 11) is 1.64. The Morgan fingerprint density at radius 2 is 2.10 bits per heavy atom. The van der Waals surface area contributed by atoms with Crippen LogP contribution in [0.2, 0.25) is 0 Å². The molecule has 1 heterocycles. The van der Waals surface area contributed by atoms with Crippen LogP contribution in [0.5, 0.6) is 11.5 Å². The van der Waals surface area contributed by atoms with Crippen LogP contribution in [0.4, 0.5) is 0 Å². The fourth-order valence-electron chi connectivity index (χ4n) is 2.62. The fourth-order valence-corrected chi connectivity index (χ4v) is 2.62. The summed E-state index contributed by atoms with van der Waals surface area (Å²) in [6.07, 6.45) is 3.36. The Morgan fingerprint density at radius 1 is 1.33 bits per heavy atom. The van der Waals surface area contributed by atoms with E-state index < -0.39 is 0 Å². The van der Waals surface area contributed by atoms with E-state index >= 15 is 0 Å². The number of methoxy groups -OCH3 is 1. The van der Waals surface area contributed by atoms with Gasteiger partial charge >= 0.3 is 0 Å². The summed E-state index contributed by atoms with van der Waals surface area (Å²) in [6, 6.07) is 5.37. The molecule has 0 saturated carbocycles. The van der Waals surface area contributed by atoms with E-state index in [0.29, 0.717) is 18.4 Å². The van der Waals surface area contributed by atoms with Crippen LogP contribution in [0.15, 0.2) is 18.2 Å². The summed E-state index contributed by atoms with van der Waals surface area (Å²) in [4.78, 5) is 2.34. The number of hydrogen-bond donors (Lipinski definition) is 2. The van der Waals surface area contributed by atoms with Crippen LogP contribution in [0.1, 0.15) is 24.8 Å². The number of rotatable bonds is 7. The maximum atomic E-state index is 9.94. The van der Waals surface area contributed by atoms with Crippen molar-refractivity contribution in [1.29, 1.82) is 0 Å². The largest absolute Gasteiger partial charge is 0.508 e. The van der Waals surface area contributed by atoms with Gasteiger partial charge in [0.05, 0.1) is 13.2 Å². The van der Waals surface area contributed by atoms with Crippen LogP contribution >= 0.6 is 0 Å². The number of nitrogens with zero attached hydrogens (tertiary/aromatic N) is 1. The Bertz CT molecular complexity index is 432. The smallest absolute Gasteiger partial charge is 0.120 e. The van der Waals surface area contributed by atoms with Gasteiger partial charge in [0.1, 0.15) is 11.5 Å². The molecule has 1 saturated heterocycles. The Morgan fingerprint density at radius 3 is 2.76 bits per heavy atom. The van der Waals surface area contributed by atoms with Gasteiger partial charge in [-0.2, -0.15) is 0 Å². The lowest BCUT2D eigenvalue weighted by Gasteiger charge is -2.32. The monoisotopic (exact) mass is 294 g/mol. The molecular weight excluding hydrogens is 268 g/mol. The van der Waals surface area contributed by atoms with Gasteiger partial charge in [0.15, 0.2) is 0 Å². The van der Waals surface area contributed by atoms with Gasteiger partial charge in [-0.05, 0) is 44.0 Å². The third-order valence-corrected chi connectivity index (χ3v) is 3.92. The summed E-state index contributed by atoms with van der Waals surface area (Å²) < 4.78 is 11.0. The van der Waals surface area contributed by atoms with Crippen molar-refractivity contribution in [3.63, 3.8) is 0 Å². The Kier molecular flexibility index (Phi) is 6.29. The predicted octanol–water partition coefficient (Wildman–Crippen LogP) is 1.73. The lowest BCUT2D eigenvalue weighted by atomic mass is 10.1. The van der Waals surface area contributed by atoms with Crippen molar-refractivity contribution in [3.05, 3.63) is 23.8 Å². The molecule has 0 radical (unpaired) electrons. The van der Waals surface area contributed by atoms with Crippen molar-refractivity contribution in [2.24, 2.45) is 5.73 Å². The molecule has 0 bridgehead atoms. The minimum Gasteiger partial charge on any atom is -0.508 e. The highest BCUT2D eigenvalue weighted by atomic mass is 16.5. The summed E-state index contributed by atoms with van der Waals surface area (Å²) in [6.45, 7) is 4.18. The molecule has 2 rings (SSSR count). The molecule has 0 aromatic heterocycles. The van der Waals surface area contributed by atoms with Crippen LogP contribution in [0, 0.1) is 0 Å². The molecule has 3 N–H and O–H groups in total. The summed E-state index contributed by atoms with van der Waals surface area (Å²) in [5.41, 5.74) is 6.38. The second-order valence-corrected chi connectivity index (χ2v) is 5.48. The van der Waals surface area contributed by atoms with E-state index in [2.05, 4.69) is 4.90 Å². The van der Waals surface area contributed by atoms with E-state index in [4.69, 9.17) is 15.2 Å². The highest BCUT2D eigenvalue weighted by molar-refractivity contribution is 5.39. The molecule has 5 heteroatoms. The lowest BCUT2D eigenvalue weighted by molar-refractivity contribution is 0.00552. The molecular formula is C16H26N2O3. The van der Waals surface area contributed by atoms with Gasteiger partial charge in [0.2, 0.25) is 0 Å².